The molecular weight excluding hydrogens is 202 g/mol. The third-order valence-electron chi connectivity index (χ3n) is 2.93. The fourth-order valence-corrected chi connectivity index (χ4v) is 1.58. The zero-order valence-electron chi connectivity index (χ0n) is 11.0. The van der Waals surface area contributed by atoms with Gasteiger partial charge in [-0.05, 0) is 26.8 Å². The zero-order chi connectivity index (χ0) is 12.6. The summed E-state index contributed by atoms with van der Waals surface area (Å²) in [6.45, 7) is 12.2. The monoisotopic (exact) mass is 223 g/mol. The van der Waals surface area contributed by atoms with E-state index < -0.39 is 5.41 Å². The maximum Gasteiger partial charge on any atom is 0.321 e. The van der Waals surface area contributed by atoms with Gasteiger partial charge in [-0.3, -0.25) is 9.79 Å². The Morgan fingerprint density at radius 1 is 1.50 bits per heavy atom. The lowest BCUT2D eigenvalue weighted by Gasteiger charge is -2.20. The van der Waals surface area contributed by atoms with Crippen LogP contribution in [0, 0.1) is 10.8 Å². The van der Waals surface area contributed by atoms with Crippen LogP contribution in [0.15, 0.2) is 16.8 Å². The van der Waals surface area contributed by atoms with Crippen LogP contribution in [0.2, 0.25) is 0 Å². The summed E-state index contributed by atoms with van der Waals surface area (Å²) in [5, 5.41) is 0. The molecule has 0 aromatic heterocycles. The van der Waals surface area contributed by atoms with E-state index in [2.05, 4.69) is 25.8 Å². The average molecular weight is 223 g/mol. The van der Waals surface area contributed by atoms with Crippen LogP contribution in [0.25, 0.3) is 0 Å². The summed E-state index contributed by atoms with van der Waals surface area (Å²) in [7, 11) is 0. The number of carbonyl (C=O) groups is 1. The largest absolute Gasteiger partial charge is 0.465 e. The maximum absolute atomic E-state index is 11.9. The van der Waals surface area contributed by atoms with E-state index in [1.165, 1.54) is 0 Å². The molecule has 1 aliphatic heterocycles. The van der Waals surface area contributed by atoms with E-state index in [1.807, 2.05) is 26.8 Å². The van der Waals surface area contributed by atoms with Crippen molar-refractivity contribution in [3.63, 3.8) is 0 Å². The second-order valence-corrected chi connectivity index (χ2v) is 5.40. The molecule has 0 spiro atoms. The Morgan fingerprint density at radius 2 is 2.06 bits per heavy atom. The van der Waals surface area contributed by atoms with Gasteiger partial charge in [-0.1, -0.05) is 20.8 Å². The molecule has 0 bridgehead atoms. The predicted molar refractivity (Wildman–Crippen MR) is 65.4 cm³/mol. The molecule has 0 saturated carbocycles. The maximum atomic E-state index is 11.9. The summed E-state index contributed by atoms with van der Waals surface area (Å²) in [6, 6.07) is 0. The number of hydrogen-bond acceptors (Lipinski definition) is 3. The van der Waals surface area contributed by atoms with E-state index in [0.29, 0.717) is 6.61 Å². The highest BCUT2D eigenvalue weighted by molar-refractivity contribution is 6.09. The molecule has 0 aromatic carbocycles. The Kier molecular flexibility index (Phi) is 3.27. The van der Waals surface area contributed by atoms with E-state index in [1.54, 1.807) is 0 Å². The van der Waals surface area contributed by atoms with Gasteiger partial charge < -0.3 is 4.74 Å². The molecule has 0 aliphatic carbocycles. The first-order chi connectivity index (χ1) is 7.21. The van der Waals surface area contributed by atoms with Crippen LogP contribution in [0.1, 0.15) is 41.5 Å². The molecule has 1 heterocycles. The summed E-state index contributed by atoms with van der Waals surface area (Å²) in [5.41, 5.74) is 1.06. The molecule has 3 nitrogen and oxygen atoms in total. The van der Waals surface area contributed by atoms with E-state index in [9.17, 15) is 4.79 Å². The number of nitrogens with zero attached hydrogens (tertiary/aromatic N) is 1. The minimum Gasteiger partial charge on any atom is -0.465 e. The molecule has 1 atom stereocenters. The standard InChI is InChI=1S/C13H21NO2/c1-7-16-11(15)13(6)8-10(12(3,4)5)14-9(13)2/h8H,7H2,1-6H3. The van der Waals surface area contributed by atoms with Crippen molar-refractivity contribution in [2.45, 2.75) is 41.5 Å². The van der Waals surface area contributed by atoms with Crippen molar-refractivity contribution >= 4 is 11.7 Å². The highest BCUT2D eigenvalue weighted by Crippen LogP contribution is 2.38. The first-order valence-electron chi connectivity index (χ1n) is 5.68. The van der Waals surface area contributed by atoms with Crippen LogP contribution in [-0.4, -0.2) is 18.3 Å². The van der Waals surface area contributed by atoms with Crippen LogP contribution in [0.5, 0.6) is 0 Å². The van der Waals surface area contributed by atoms with Crippen LogP contribution in [-0.2, 0) is 9.53 Å². The summed E-state index contributed by atoms with van der Waals surface area (Å²) in [6.07, 6.45) is 1.93. The molecule has 16 heavy (non-hydrogen) atoms. The minimum absolute atomic E-state index is 0.0362. The number of esters is 1. The van der Waals surface area contributed by atoms with Gasteiger partial charge in [-0.15, -0.1) is 0 Å². The van der Waals surface area contributed by atoms with E-state index in [4.69, 9.17) is 4.74 Å². The van der Waals surface area contributed by atoms with Gasteiger partial charge in [-0.25, -0.2) is 0 Å². The molecule has 90 valence electrons. The first kappa shape index (κ1) is 12.9. The predicted octanol–water partition coefficient (Wildman–Crippen LogP) is 2.96. The smallest absolute Gasteiger partial charge is 0.321 e. The van der Waals surface area contributed by atoms with Crippen molar-refractivity contribution in [3.05, 3.63) is 11.8 Å². The van der Waals surface area contributed by atoms with E-state index in [-0.39, 0.29) is 11.4 Å². The third kappa shape index (κ3) is 2.18. The lowest BCUT2D eigenvalue weighted by Crippen LogP contribution is -2.33. The highest BCUT2D eigenvalue weighted by Gasteiger charge is 2.41. The van der Waals surface area contributed by atoms with Gasteiger partial charge in [0.15, 0.2) is 0 Å². The number of rotatable bonds is 2. The number of ether oxygens (including phenoxy) is 1. The Morgan fingerprint density at radius 3 is 2.44 bits per heavy atom. The summed E-state index contributed by atoms with van der Waals surface area (Å²) in [5.74, 6) is -0.212. The van der Waals surface area contributed by atoms with Crippen molar-refractivity contribution in [1.82, 2.24) is 0 Å². The molecule has 1 rings (SSSR count). The van der Waals surface area contributed by atoms with Gasteiger partial charge in [0.2, 0.25) is 0 Å². The summed E-state index contributed by atoms with van der Waals surface area (Å²) in [4.78, 5) is 16.4. The van der Waals surface area contributed by atoms with Crippen molar-refractivity contribution in [1.29, 1.82) is 0 Å². The Bertz CT molecular complexity index is 361. The van der Waals surface area contributed by atoms with E-state index in [0.717, 1.165) is 11.4 Å². The lowest BCUT2D eigenvalue weighted by atomic mass is 9.84. The number of aliphatic imine (C=N–C) groups is 1. The summed E-state index contributed by atoms with van der Waals surface area (Å²) >= 11 is 0. The fourth-order valence-electron chi connectivity index (χ4n) is 1.58. The molecule has 0 radical (unpaired) electrons. The highest BCUT2D eigenvalue weighted by atomic mass is 16.5. The number of carbonyl (C=O) groups excluding carboxylic acids is 1. The minimum atomic E-state index is -0.682. The second-order valence-electron chi connectivity index (χ2n) is 5.40. The van der Waals surface area contributed by atoms with Crippen LogP contribution in [0.4, 0.5) is 0 Å². The van der Waals surface area contributed by atoms with Gasteiger partial charge in [0.1, 0.15) is 5.41 Å². The fraction of sp³-hybridized carbons (Fsp3) is 0.692. The molecule has 0 amide bonds. The van der Waals surface area contributed by atoms with E-state index >= 15 is 0 Å². The normalized spacial score (nSPS) is 25.1. The van der Waals surface area contributed by atoms with Crippen molar-refractivity contribution < 1.29 is 9.53 Å². The molecule has 0 fully saturated rings. The second kappa shape index (κ2) is 4.04. The first-order valence-corrected chi connectivity index (χ1v) is 5.68. The average Bonchev–Trinajstić information content (AvgIpc) is 2.44. The van der Waals surface area contributed by atoms with Gasteiger partial charge in [0.25, 0.3) is 0 Å². The molecule has 0 aromatic rings. The third-order valence-corrected chi connectivity index (χ3v) is 2.93. The molecule has 0 saturated heterocycles. The molecule has 0 N–H and O–H groups in total. The Hall–Kier alpha value is -1.12. The van der Waals surface area contributed by atoms with Gasteiger partial charge in [0, 0.05) is 16.8 Å². The SMILES string of the molecule is CCOC(=O)C1(C)C=C(C(C)(C)C)N=C1C. The lowest BCUT2D eigenvalue weighted by molar-refractivity contribution is -0.148. The van der Waals surface area contributed by atoms with Crippen molar-refractivity contribution in [3.8, 4) is 0 Å². The van der Waals surface area contributed by atoms with Crippen LogP contribution >= 0.6 is 0 Å². The number of hydrogen-bond donors (Lipinski definition) is 0. The topological polar surface area (TPSA) is 38.7 Å². The quantitative estimate of drug-likeness (QED) is 0.675. The van der Waals surface area contributed by atoms with Crippen LogP contribution in [0.3, 0.4) is 0 Å². The Balaban J connectivity index is 3.06. The summed E-state index contributed by atoms with van der Waals surface area (Å²) < 4.78 is 5.10. The van der Waals surface area contributed by atoms with Crippen molar-refractivity contribution in [2.24, 2.45) is 15.8 Å². The molecule has 1 aliphatic rings. The molecule has 1 unspecified atom stereocenters. The van der Waals surface area contributed by atoms with Gasteiger partial charge in [-0.2, -0.15) is 0 Å². The molecular formula is C13H21NO2. The number of allylic oxidation sites excluding steroid dienone is 1. The Labute approximate surface area is 97.6 Å². The van der Waals surface area contributed by atoms with Gasteiger partial charge in [0.05, 0.1) is 6.61 Å². The van der Waals surface area contributed by atoms with Crippen LogP contribution < -0.4 is 0 Å². The molecule has 3 heteroatoms. The zero-order valence-corrected chi connectivity index (χ0v) is 11.0. The van der Waals surface area contributed by atoms with Gasteiger partial charge >= 0.3 is 5.97 Å². The van der Waals surface area contributed by atoms with Crippen molar-refractivity contribution in [2.75, 3.05) is 6.61 Å².